The molecule has 0 aromatic carbocycles. The molecule has 5 heteroatoms. The summed E-state index contributed by atoms with van der Waals surface area (Å²) in [6, 6.07) is 0. The van der Waals surface area contributed by atoms with Gasteiger partial charge in [-0.15, -0.1) is 0 Å². The smallest absolute Gasteiger partial charge is 0.268 e. The normalized spacial score (nSPS) is 9.70. The fourth-order valence-corrected chi connectivity index (χ4v) is 1.07. The monoisotopic (exact) mass is 204 g/mol. The molecule has 0 saturated carbocycles. The zero-order chi connectivity index (χ0) is 7.56. The number of hydrogen-bond donors (Lipinski definition) is 2. The van der Waals surface area contributed by atoms with Gasteiger partial charge in [-0.05, 0) is 15.9 Å². The highest BCUT2D eigenvalue weighted by Crippen LogP contribution is 2.06. The molecule has 0 saturated heterocycles. The molecule has 0 bridgehead atoms. The van der Waals surface area contributed by atoms with Crippen LogP contribution in [0.4, 0.5) is 0 Å². The lowest BCUT2D eigenvalue weighted by atomic mass is 10.3. The number of nitrogens with one attached hydrogen (secondary N) is 2. The summed E-state index contributed by atoms with van der Waals surface area (Å²) < 4.78 is 0.546. The van der Waals surface area contributed by atoms with Crippen molar-refractivity contribution < 1.29 is 4.79 Å². The Bertz CT molecular complexity index is 288. The minimum absolute atomic E-state index is 0.138. The van der Waals surface area contributed by atoms with Crippen molar-refractivity contribution in [2.45, 2.75) is 6.42 Å². The summed E-state index contributed by atoms with van der Waals surface area (Å²) in [6.45, 7) is 0. The van der Waals surface area contributed by atoms with Crippen LogP contribution in [0.5, 0.6) is 0 Å². The lowest BCUT2D eigenvalue weighted by Gasteiger charge is -1.83. The topological polar surface area (TPSA) is 65.7 Å². The third-order valence-corrected chi connectivity index (χ3v) is 1.79. The molecular weight excluding hydrogens is 200 g/mol. The van der Waals surface area contributed by atoms with Gasteiger partial charge in [0.15, 0.2) is 0 Å². The van der Waals surface area contributed by atoms with Gasteiger partial charge in [0.1, 0.15) is 10.9 Å². The van der Waals surface area contributed by atoms with Crippen LogP contribution in [0.2, 0.25) is 0 Å². The predicted molar refractivity (Wildman–Crippen MR) is 38.9 cm³/mol. The average Bonchev–Trinajstić information content (AvgIpc) is 2.20. The van der Waals surface area contributed by atoms with Gasteiger partial charge in [0.05, 0.1) is 5.56 Å². The Morgan fingerprint density at radius 1 is 1.50 bits per heavy atom. The van der Waals surface area contributed by atoms with Gasteiger partial charge >= 0.3 is 0 Å². The molecular formula is C5H5BrN2O2. The predicted octanol–water partition coefficient (Wildman–Crippen LogP) is 0.207. The molecule has 1 rings (SSSR count). The first-order chi connectivity index (χ1) is 4.75. The maximum atomic E-state index is 10.8. The van der Waals surface area contributed by atoms with Crippen molar-refractivity contribution in [1.82, 2.24) is 10.2 Å². The molecule has 0 aliphatic rings. The van der Waals surface area contributed by atoms with Gasteiger partial charge in [0.2, 0.25) is 0 Å². The van der Waals surface area contributed by atoms with Crippen LogP contribution in [0, 0.1) is 0 Å². The molecule has 0 aliphatic carbocycles. The Labute approximate surface area is 64.7 Å². The summed E-state index contributed by atoms with van der Waals surface area (Å²) in [5, 5.41) is 4.88. The molecule has 4 nitrogen and oxygen atoms in total. The average molecular weight is 205 g/mol. The fourth-order valence-electron chi connectivity index (χ4n) is 0.628. The van der Waals surface area contributed by atoms with E-state index in [2.05, 4.69) is 26.1 Å². The highest BCUT2D eigenvalue weighted by atomic mass is 79.9. The number of aromatic amines is 2. The van der Waals surface area contributed by atoms with E-state index in [1.165, 1.54) is 0 Å². The second-order valence-electron chi connectivity index (χ2n) is 1.74. The van der Waals surface area contributed by atoms with Gasteiger partial charge < -0.3 is 4.79 Å². The fraction of sp³-hybridized carbons (Fsp3) is 0.200. The van der Waals surface area contributed by atoms with E-state index >= 15 is 0 Å². The SMILES string of the molecule is O=CCc1c(Br)[nH][nH]c1=O. The lowest BCUT2D eigenvalue weighted by molar-refractivity contribution is -0.107. The maximum absolute atomic E-state index is 10.8. The molecule has 1 aromatic rings. The molecule has 1 heterocycles. The van der Waals surface area contributed by atoms with E-state index < -0.39 is 0 Å². The Morgan fingerprint density at radius 2 is 2.20 bits per heavy atom. The number of hydrogen-bond acceptors (Lipinski definition) is 2. The second-order valence-corrected chi connectivity index (χ2v) is 2.54. The maximum Gasteiger partial charge on any atom is 0.268 e. The number of aromatic nitrogens is 2. The van der Waals surface area contributed by atoms with Gasteiger partial charge in [0.25, 0.3) is 5.56 Å². The number of halogens is 1. The quantitative estimate of drug-likeness (QED) is 0.677. The molecule has 0 unspecified atom stereocenters. The molecule has 0 atom stereocenters. The van der Waals surface area contributed by atoms with Crippen LogP contribution < -0.4 is 5.56 Å². The Hall–Kier alpha value is -0.840. The van der Waals surface area contributed by atoms with E-state index in [1.54, 1.807) is 0 Å². The van der Waals surface area contributed by atoms with Crippen molar-refractivity contribution >= 4 is 22.2 Å². The van der Waals surface area contributed by atoms with Crippen LogP contribution >= 0.6 is 15.9 Å². The van der Waals surface area contributed by atoms with Gasteiger partial charge in [-0.1, -0.05) is 0 Å². The molecule has 1 aromatic heterocycles. The largest absolute Gasteiger partial charge is 0.303 e. The van der Waals surface area contributed by atoms with Crippen LogP contribution in [0.25, 0.3) is 0 Å². The van der Waals surface area contributed by atoms with E-state index in [0.29, 0.717) is 16.5 Å². The van der Waals surface area contributed by atoms with Gasteiger partial charge in [-0.3, -0.25) is 15.0 Å². The number of carbonyl (C=O) groups is 1. The van der Waals surface area contributed by atoms with Gasteiger partial charge in [-0.2, -0.15) is 0 Å². The Kier molecular flexibility index (Phi) is 2.06. The molecule has 10 heavy (non-hydrogen) atoms. The summed E-state index contributed by atoms with van der Waals surface area (Å²) in [5.41, 5.74) is 0.189. The van der Waals surface area contributed by atoms with E-state index in [-0.39, 0.29) is 12.0 Å². The van der Waals surface area contributed by atoms with Crippen molar-refractivity contribution in [3.63, 3.8) is 0 Å². The third kappa shape index (κ3) is 1.18. The van der Waals surface area contributed by atoms with Crippen molar-refractivity contribution in [1.29, 1.82) is 0 Å². The first-order valence-electron chi connectivity index (χ1n) is 2.64. The van der Waals surface area contributed by atoms with Crippen LogP contribution in [0.3, 0.4) is 0 Å². The van der Waals surface area contributed by atoms with E-state index in [9.17, 15) is 9.59 Å². The minimum Gasteiger partial charge on any atom is -0.303 e. The molecule has 0 aliphatic heterocycles. The van der Waals surface area contributed by atoms with Gasteiger partial charge in [-0.25, -0.2) is 0 Å². The molecule has 0 radical (unpaired) electrons. The first kappa shape index (κ1) is 7.27. The van der Waals surface area contributed by atoms with Crippen LogP contribution in [0.15, 0.2) is 9.40 Å². The highest BCUT2D eigenvalue weighted by molar-refractivity contribution is 9.10. The van der Waals surface area contributed by atoms with E-state index in [1.807, 2.05) is 0 Å². The van der Waals surface area contributed by atoms with Crippen LogP contribution in [-0.4, -0.2) is 16.5 Å². The lowest BCUT2D eigenvalue weighted by Crippen LogP contribution is -2.05. The zero-order valence-corrected chi connectivity index (χ0v) is 6.56. The zero-order valence-electron chi connectivity index (χ0n) is 4.98. The van der Waals surface area contributed by atoms with Crippen molar-refractivity contribution in [3.8, 4) is 0 Å². The number of carbonyl (C=O) groups excluding carboxylic acids is 1. The number of rotatable bonds is 2. The molecule has 0 amide bonds. The highest BCUT2D eigenvalue weighted by Gasteiger charge is 2.04. The van der Waals surface area contributed by atoms with Gasteiger partial charge in [0, 0.05) is 6.42 Å². The molecule has 0 fully saturated rings. The summed E-state index contributed by atoms with van der Waals surface area (Å²) in [5.74, 6) is 0. The van der Waals surface area contributed by atoms with E-state index in [0.717, 1.165) is 0 Å². The van der Waals surface area contributed by atoms with Crippen molar-refractivity contribution in [2.24, 2.45) is 0 Å². The van der Waals surface area contributed by atoms with Crippen LogP contribution in [0.1, 0.15) is 5.56 Å². The minimum atomic E-state index is -0.251. The number of aldehydes is 1. The van der Waals surface area contributed by atoms with Crippen LogP contribution in [-0.2, 0) is 11.2 Å². The Morgan fingerprint density at radius 3 is 2.60 bits per heavy atom. The van der Waals surface area contributed by atoms with Crippen molar-refractivity contribution in [3.05, 3.63) is 20.5 Å². The van der Waals surface area contributed by atoms with E-state index in [4.69, 9.17) is 0 Å². The number of H-pyrrole nitrogens is 2. The second kappa shape index (κ2) is 2.83. The van der Waals surface area contributed by atoms with Crippen molar-refractivity contribution in [2.75, 3.05) is 0 Å². The summed E-state index contributed by atoms with van der Waals surface area (Å²) in [4.78, 5) is 20.7. The summed E-state index contributed by atoms with van der Waals surface area (Å²) in [7, 11) is 0. The first-order valence-corrected chi connectivity index (χ1v) is 3.43. The Balaban J connectivity index is 3.10. The standard InChI is InChI=1S/C5H5BrN2O2/c6-4-3(1-2-9)5(10)8-7-4/h2H,1H2,(H2,7,8,10). The molecule has 0 spiro atoms. The summed E-state index contributed by atoms with van der Waals surface area (Å²) >= 11 is 3.07. The molecule has 2 N–H and O–H groups in total. The molecule has 54 valence electrons. The third-order valence-electron chi connectivity index (χ3n) is 1.11. The summed E-state index contributed by atoms with van der Waals surface area (Å²) in [6.07, 6.45) is 0.822.